The van der Waals surface area contributed by atoms with Crippen LogP contribution in [0.2, 0.25) is 0 Å². The van der Waals surface area contributed by atoms with Gasteiger partial charge in [-0.3, -0.25) is 0 Å². The summed E-state index contributed by atoms with van der Waals surface area (Å²) in [6.07, 6.45) is 6.50. The normalized spacial score (nSPS) is 14.5. The molecule has 0 saturated heterocycles. The van der Waals surface area contributed by atoms with Gasteiger partial charge in [-0.25, -0.2) is 0 Å². The molecule has 0 aromatic heterocycles. The van der Waals surface area contributed by atoms with Crippen molar-refractivity contribution in [3.8, 4) is 0 Å². The molecule has 0 bridgehead atoms. The predicted molar refractivity (Wildman–Crippen MR) is 113 cm³/mol. The van der Waals surface area contributed by atoms with E-state index in [-0.39, 0.29) is 0 Å². The molecule has 6 heteroatoms. The molecule has 0 spiro atoms. The third kappa shape index (κ3) is 5.79. The number of hydrogen-bond donors (Lipinski definition) is 1. The second-order valence-corrected chi connectivity index (χ2v) is 12.3. The molecular formula is C18H44ClN4P. The molecule has 0 fully saturated rings. The summed E-state index contributed by atoms with van der Waals surface area (Å²) in [6, 6.07) is 0. The Morgan fingerprint density at radius 1 is 0.542 bits per heavy atom. The number of nitrogens with zero attached hydrogens (tertiary/aromatic N) is 3. The summed E-state index contributed by atoms with van der Waals surface area (Å²) in [4.78, 5) is 0. The Hall–Kier alpha value is 0.560. The molecule has 24 heavy (non-hydrogen) atoms. The summed E-state index contributed by atoms with van der Waals surface area (Å²) in [6.45, 7) is 15.9. The van der Waals surface area contributed by atoms with E-state index in [1.54, 1.807) is 0 Å². The fraction of sp³-hybridized carbons (Fsp3) is 1.00. The molecule has 0 radical (unpaired) electrons. The molecule has 0 saturated carbocycles. The van der Waals surface area contributed by atoms with E-state index in [4.69, 9.17) is 16.7 Å². The number of halogens is 1. The number of rotatable bonds is 15. The van der Waals surface area contributed by atoms with Gasteiger partial charge in [0.15, 0.2) is 0 Å². The molecule has 4 nitrogen and oxygen atoms in total. The van der Waals surface area contributed by atoms with Crippen molar-refractivity contribution in [3.05, 3.63) is 0 Å². The van der Waals surface area contributed by atoms with Crippen LogP contribution >= 0.6 is 17.8 Å². The number of nitrogens with two attached hydrogens (primary N) is 1. The van der Waals surface area contributed by atoms with E-state index < -0.39 is 6.56 Å². The standard InChI is InChI=1S/C18H44ClN4P/c1-7-13-21(14-8-2)24(19,20,22(15-9-3)16-10-4)23(17-11-5)18-12-6/h7-18,20H2,1-6H3. The zero-order chi connectivity index (χ0) is 18.7. The van der Waals surface area contributed by atoms with E-state index in [2.05, 4.69) is 55.6 Å². The summed E-state index contributed by atoms with van der Waals surface area (Å²) < 4.78 is 7.34. The van der Waals surface area contributed by atoms with Gasteiger partial charge in [-0.2, -0.15) is 0 Å². The first kappa shape index (κ1) is 24.6. The Morgan fingerprint density at radius 3 is 0.833 bits per heavy atom. The molecule has 0 aromatic carbocycles. The van der Waals surface area contributed by atoms with Gasteiger partial charge in [-0.05, 0) is 0 Å². The molecule has 0 aromatic rings. The van der Waals surface area contributed by atoms with Gasteiger partial charge in [0, 0.05) is 0 Å². The molecule has 0 rings (SSSR count). The molecule has 2 N–H and O–H groups in total. The van der Waals surface area contributed by atoms with E-state index in [9.17, 15) is 0 Å². The predicted octanol–water partition coefficient (Wildman–Crippen LogP) is 5.68. The van der Waals surface area contributed by atoms with Crippen molar-refractivity contribution in [3.63, 3.8) is 0 Å². The van der Waals surface area contributed by atoms with E-state index in [0.29, 0.717) is 0 Å². The van der Waals surface area contributed by atoms with Crippen LogP contribution in [0.3, 0.4) is 0 Å². The summed E-state index contributed by atoms with van der Waals surface area (Å²) in [7, 11) is 0. The van der Waals surface area contributed by atoms with Crippen molar-refractivity contribution >= 4 is 17.8 Å². The summed E-state index contributed by atoms with van der Waals surface area (Å²) in [5.74, 6) is 0. The van der Waals surface area contributed by atoms with Crippen LogP contribution in [0.1, 0.15) is 80.1 Å². The monoisotopic (exact) mass is 382 g/mol. The molecule has 0 atom stereocenters. The fourth-order valence-electron chi connectivity index (χ4n) is 3.53. The zero-order valence-corrected chi connectivity index (χ0v) is 18.9. The second-order valence-electron chi connectivity index (χ2n) is 6.80. The number of hydrogen-bond acceptors (Lipinski definition) is 4. The van der Waals surface area contributed by atoms with Crippen LogP contribution in [0.4, 0.5) is 0 Å². The van der Waals surface area contributed by atoms with Gasteiger partial charge in [-0.1, -0.05) is 0 Å². The second kappa shape index (κ2) is 12.0. The van der Waals surface area contributed by atoms with E-state index in [1.165, 1.54) is 0 Å². The summed E-state index contributed by atoms with van der Waals surface area (Å²) >= 11 is 7.65. The van der Waals surface area contributed by atoms with E-state index in [0.717, 1.165) is 77.8 Å². The van der Waals surface area contributed by atoms with Crippen molar-refractivity contribution in [1.82, 2.24) is 14.0 Å². The molecule has 148 valence electrons. The van der Waals surface area contributed by atoms with Gasteiger partial charge >= 0.3 is 157 Å². The first-order valence-electron chi connectivity index (χ1n) is 10.2. The van der Waals surface area contributed by atoms with Crippen LogP contribution in [-0.4, -0.2) is 53.3 Å². The van der Waals surface area contributed by atoms with Gasteiger partial charge in [0.2, 0.25) is 0 Å². The maximum atomic E-state index is 7.65. The Balaban J connectivity index is 6.13. The van der Waals surface area contributed by atoms with Crippen LogP contribution in [0.5, 0.6) is 0 Å². The van der Waals surface area contributed by atoms with Crippen molar-refractivity contribution in [1.29, 1.82) is 0 Å². The average Bonchev–Trinajstić information content (AvgIpc) is 2.54. The Labute approximate surface area is 157 Å². The van der Waals surface area contributed by atoms with Crippen LogP contribution in [0.15, 0.2) is 0 Å². The Kier molecular flexibility index (Phi) is 12.3. The van der Waals surface area contributed by atoms with Crippen molar-refractivity contribution in [2.24, 2.45) is 5.50 Å². The van der Waals surface area contributed by atoms with Gasteiger partial charge in [0.1, 0.15) is 0 Å². The Bertz CT molecular complexity index is 263. The fourth-order valence-corrected chi connectivity index (χ4v) is 9.38. The molecule has 0 aliphatic rings. The third-order valence-electron chi connectivity index (χ3n) is 4.46. The van der Waals surface area contributed by atoms with Crippen LogP contribution in [0.25, 0.3) is 0 Å². The third-order valence-corrected chi connectivity index (χ3v) is 10.7. The minimum atomic E-state index is -3.29. The molecule has 0 aliphatic heterocycles. The Morgan fingerprint density at radius 2 is 0.708 bits per heavy atom. The van der Waals surface area contributed by atoms with Gasteiger partial charge in [-0.15, -0.1) is 0 Å². The first-order chi connectivity index (χ1) is 11.4. The van der Waals surface area contributed by atoms with Crippen molar-refractivity contribution < 1.29 is 0 Å². The zero-order valence-electron chi connectivity index (χ0n) is 17.2. The first-order valence-corrected chi connectivity index (χ1v) is 13.2. The van der Waals surface area contributed by atoms with Crippen LogP contribution in [0, 0.1) is 0 Å². The topological polar surface area (TPSA) is 35.7 Å². The molecule has 0 heterocycles. The van der Waals surface area contributed by atoms with Gasteiger partial charge in [0.25, 0.3) is 0 Å². The molecule has 0 amide bonds. The van der Waals surface area contributed by atoms with Crippen molar-refractivity contribution in [2.45, 2.75) is 80.1 Å². The summed E-state index contributed by atoms with van der Waals surface area (Å²) in [5, 5.41) is 0. The van der Waals surface area contributed by atoms with Crippen molar-refractivity contribution in [2.75, 3.05) is 39.3 Å². The van der Waals surface area contributed by atoms with E-state index >= 15 is 0 Å². The molecule has 0 unspecified atom stereocenters. The summed E-state index contributed by atoms with van der Waals surface area (Å²) in [5.41, 5.74) is 7.36. The van der Waals surface area contributed by atoms with Gasteiger partial charge in [0.05, 0.1) is 0 Å². The quantitative estimate of drug-likeness (QED) is 0.369. The van der Waals surface area contributed by atoms with E-state index in [1.807, 2.05) is 0 Å². The SMILES string of the molecule is CCCN(CCC)P(N)(Cl)(N(CCC)CCC)N(CCC)CCC. The maximum absolute atomic E-state index is 7.65. The van der Waals surface area contributed by atoms with Crippen LogP contribution < -0.4 is 5.50 Å². The van der Waals surface area contributed by atoms with Crippen LogP contribution in [-0.2, 0) is 0 Å². The molecule has 0 aliphatic carbocycles. The average molecular weight is 383 g/mol. The molecular weight excluding hydrogens is 339 g/mol. The van der Waals surface area contributed by atoms with Gasteiger partial charge < -0.3 is 0 Å². The minimum absolute atomic E-state index is 0.972.